The van der Waals surface area contributed by atoms with Crippen LogP contribution in [0, 0.1) is 0 Å². The molecule has 2 N–H and O–H groups in total. The van der Waals surface area contributed by atoms with Crippen LogP contribution in [0.4, 0.5) is 0 Å². The van der Waals surface area contributed by atoms with E-state index in [1.807, 2.05) is 0 Å². The van der Waals surface area contributed by atoms with Crippen molar-refractivity contribution in [3.63, 3.8) is 0 Å². The monoisotopic (exact) mass is 128 g/mol. The Labute approximate surface area is 54.8 Å². The van der Waals surface area contributed by atoms with E-state index in [4.69, 9.17) is 0 Å². The number of carbonyl (C=O) groups is 1. The van der Waals surface area contributed by atoms with E-state index in [0.29, 0.717) is 6.04 Å². The lowest BCUT2D eigenvalue weighted by atomic mass is 10.2. The summed E-state index contributed by atoms with van der Waals surface area (Å²) in [5, 5.41) is 6.28. The molecule has 1 rings (SSSR count). The zero-order valence-electron chi connectivity index (χ0n) is 5.55. The van der Waals surface area contributed by atoms with Gasteiger partial charge < -0.3 is 15.4 Å². The fraction of sp³-hybridized carbons (Fsp3) is 0.833. The van der Waals surface area contributed by atoms with Gasteiger partial charge in [0.15, 0.2) is 0 Å². The van der Waals surface area contributed by atoms with E-state index in [0.717, 1.165) is 19.4 Å². The van der Waals surface area contributed by atoms with Gasteiger partial charge in [-0.05, 0) is 6.92 Å². The van der Waals surface area contributed by atoms with Crippen molar-refractivity contribution >= 4 is 6.29 Å². The Bertz CT molecular complexity index is 97.2. The topological polar surface area (TPSA) is 41.1 Å². The van der Waals surface area contributed by atoms with Crippen LogP contribution in [0.15, 0.2) is 0 Å². The van der Waals surface area contributed by atoms with Crippen LogP contribution in [-0.2, 0) is 4.79 Å². The van der Waals surface area contributed by atoms with Crippen LogP contribution in [0.1, 0.15) is 6.92 Å². The minimum absolute atomic E-state index is 0.0289. The van der Waals surface area contributed by atoms with Crippen LogP contribution in [0.3, 0.4) is 0 Å². The molecule has 9 heavy (non-hydrogen) atoms. The summed E-state index contributed by atoms with van der Waals surface area (Å²) in [7, 11) is 0. The molecule has 0 aromatic carbocycles. The van der Waals surface area contributed by atoms with Crippen molar-refractivity contribution < 1.29 is 4.79 Å². The fourth-order valence-corrected chi connectivity index (χ4v) is 0.897. The van der Waals surface area contributed by atoms with Crippen LogP contribution in [0.5, 0.6) is 0 Å². The minimum Gasteiger partial charge on any atom is -0.311 e. The van der Waals surface area contributed by atoms with E-state index in [2.05, 4.69) is 17.6 Å². The molecule has 1 saturated heterocycles. The summed E-state index contributed by atoms with van der Waals surface area (Å²) >= 11 is 0. The highest BCUT2D eigenvalue weighted by Crippen LogP contribution is 1.88. The molecule has 2 atom stereocenters. The number of piperazine rings is 1. The molecule has 2 unspecified atom stereocenters. The molecular weight excluding hydrogens is 116 g/mol. The zero-order valence-corrected chi connectivity index (χ0v) is 5.55. The molecule has 3 heteroatoms. The maximum absolute atomic E-state index is 10.2. The average Bonchev–Trinajstić information content (AvgIpc) is 1.90. The molecular formula is C6H12N2O. The second kappa shape index (κ2) is 2.94. The standard InChI is InChI=1S/C6H12N2O/c1-5-2-8-6(4-9)3-7-5/h4-8H,2-3H2,1H3. The van der Waals surface area contributed by atoms with Gasteiger partial charge in [-0.2, -0.15) is 0 Å². The Kier molecular flexibility index (Phi) is 2.19. The first-order valence-corrected chi connectivity index (χ1v) is 3.25. The quantitative estimate of drug-likeness (QED) is 0.451. The lowest BCUT2D eigenvalue weighted by molar-refractivity contribution is -0.109. The summed E-state index contributed by atoms with van der Waals surface area (Å²) < 4.78 is 0. The van der Waals surface area contributed by atoms with Crippen molar-refractivity contribution in [3.05, 3.63) is 0 Å². The van der Waals surface area contributed by atoms with Crippen LogP contribution < -0.4 is 10.6 Å². The molecule has 0 spiro atoms. The number of aldehydes is 1. The third kappa shape index (κ3) is 1.77. The van der Waals surface area contributed by atoms with Gasteiger partial charge in [0.2, 0.25) is 0 Å². The lowest BCUT2D eigenvalue weighted by Crippen LogP contribution is -2.53. The molecule has 0 bridgehead atoms. The Morgan fingerprint density at radius 1 is 1.44 bits per heavy atom. The van der Waals surface area contributed by atoms with Crippen LogP contribution in [-0.4, -0.2) is 31.5 Å². The average molecular weight is 128 g/mol. The van der Waals surface area contributed by atoms with Gasteiger partial charge in [-0.1, -0.05) is 0 Å². The first kappa shape index (κ1) is 6.71. The molecule has 52 valence electrons. The first-order valence-electron chi connectivity index (χ1n) is 3.25. The number of rotatable bonds is 1. The zero-order chi connectivity index (χ0) is 6.69. The van der Waals surface area contributed by atoms with Crippen molar-refractivity contribution in [2.24, 2.45) is 0 Å². The molecule has 3 nitrogen and oxygen atoms in total. The molecule has 1 aliphatic rings. The van der Waals surface area contributed by atoms with E-state index >= 15 is 0 Å². The Morgan fingerprint density at radius 2 is 2.22 bits per heavy atom. The minimum atomic E-state index is 0.0289. The maximum atomic E-state index is 10.2. The van der Waals surface area contributed by atoms with Crippen molar-refractivity contribution in [1.29, 1.82) is 0 Å². The molecule has 0 aromatic rings. The van der Waals surface area contributed by atoms with Crippen LogP contribution in [0.25, 0.3) is 0 Å². The van der Waals surface area contributed by atoms with E-state index in [1.165, 1.54) is 0 Å². The molecule has 0 radical (unpaired) electrons. The highest BCUT2D eigenvalue weighted by molar-refractivity contribution is 5.58. The summed E-state index contributed by atoms with van der Waals surface area (Å²) in [4.78, 5) is 10.2. The lowest BCUT2D eigenvalue weighted by Gasteiger charge is -2.25. The molecule has 1 aliphatic heterocycles. The van der Waals surface area contributed by atoms with Crippen molar-refractivity contribution in [2.75, 3.05) is 13.1 Å². The Balaban J connectivity index is 2.26. The van der Waals surface area contributed by atoms with Gasteiger partial charge in [0.25, 0.3) is 0 Å². The summed E-state index contributed by atoms with van der Waals surface area (Å²) in [6.07, 6.45) is 0.943. The number of nitrogens with one attached hydrogen (secondary N) is 2. The maximum Gasteiger partial charge on any atom is 0.138 e. The van der Waals surface area contributed by atoms with E-state index in [9.17, 15) is 4.79 Å². The van der Waals surface area contributed by atoms with Crippen molar-refractivity contribution in [1.82, 2.24) is 10.6 Å². The van der Waals surface area contributed by atoms with E-state index < -0.39 is 0 Å². The third-order valence-corrected chi connectivity index (χ3v) is 1.54. The second-order valence-corrected chi connectivity index (χ2v) is 2.46. The summed E-state index contributed by atoms with van der Waals surface area (Å²) in [6.45, 7) is 3.75. The van der Waals surface area contributed by atoms with Gasteiger partial charge >= 0.3 is 0 Å². The molecule has 0 saturated carbocycles. The molecule has 1 heterocycles. The fourth-order valence-electron chi connectivity index (χ4n) is 0.897. The molecule has 1 fully saturated rings. The molecule has 0 amide bonds. The second-order valence-electron chi connectivity index (χ2n) is 2.46. The summed E-state index contributed by atoms with van der Waals surface area (Å²) in [5.74, 6) is 0. The van der Waals surface area contributed by atoms with Crippen LogP contribution in [0.2, 0.25) is 0 Å². The van der Waals surface area contributed by atoms with Gasteiger partial charge in [0, 0.05) is 19.1 Å². The Hall–Kier alpha value is -0.410. The normalized spacial score (nSPS) is 36.1. The first-order chi connectivity index (χ1) is 4.33. The highest BCUT2D eigenvalue weighted by Gasteiger charge is 2.14. The third-order valence-electron chi connectivity index (χ3n) is 1.54. The summed E-state index contributed by atoms with van der Waals surface area (Å²) in [6, 6.07) is 0.530. The number of hydrogen-bond acceptors (Lipinski definition) is 3. The highest BCUT2D eigenvalue weighted by atomic mass is 16.1. The smallest absolute Gasteiger partial charge is 0.138 e. The molecule has 0 aliphatic carbocycles. The van der Waals surface area contributed by atoms with Gasteiger partial charge in [-0.25, -0.2) is 0 Å². The van der Waals surface area contributed by atoms with Gasteiger partial charge in [0.05, 0.1) is 6.04 Å². The predicted octanol–water partition coefficient (Wildman–Crippen LogP) is -0.865. The number of carbonyl (C=O) groups excluding carboxylic acids is 1. The van der Waals surface area contributed by atoms with E-state index in [1.54, 1.807) is 0 Å². The van der Waals surface area contributed by atoms with Crippen molar-refractivity contribution in [3.8, 4) is 0 Å². The van der Waals surface area contributed by atoms with Crippen molar-refractivity contribution in [2.45, 2.75) is 19.0 Å². The van der Waals surface area contributed by atoms with Gasteiger partial charge in [-0.3, -0.25) is 0 Å². The number of hydrogen-bond donors (Lipinski definition) is 2. The summed E-state index contributed by atoms with van der Waals surface area (Å²) in [5.41, 5.74) is 0. The predicted molar refractivity (Wildman–Crippen MR) is 35.3 cm³/mol. The Morgan fingerprint density at radius 3 is 2.67 bits per heavy atom. The SMILES string of the molecule is CC1CNC(C=O)CN1. The van der Waals surface area contributed by atoms with Gasteiger partial charge in [-0.15, -0.1) is 0 Å². The van der Waals surface area contributed by atoms with Gasteiger partial charge in [0.1, 0.15) is 6.29 Å². The van der Waals surface area contributed by atoms with Crippen LogP contribution >= 0.6 is 0 Å². The molecule has 0 aromatic heterocycles. The van der Waals surface area contributed by atoms with E-state index in [-0.39, 0.29) is 6.04 Å². The largest absolute Gasteiger partial charge is 0.311 e.